The number of aromatic amines is 1. The second kappa shape index (κ2) is 5.68. The van der Waals surface area contributed by atoms with Gasteiger partial charge in [-0.3, -0.25) is 5.10 Å². The fourth-order valence-corrected chi connectivity index (χ4v) is 2.20. The van der Waals surface area contributed by atoms with Crippen LogP contribution in [0.15, 0.2) is 48.5 Å². The number of halogens is 1. The molecule has 0 bridgehead atoms. The zero-order valence-electron chi connectivity index (χ0n) is 11.5. The molecule has 3 rings (SSSR count). The van der Waals surface area contributed by atoms with Crippen molar-refractivity contribution < 1.29 is 0 Å². The molecule has 0 fully saturated rings. The van der Waals surface area contributed by atoms with Gasteiger partial charge in [0.2, 0.25) is 0 Å². The number of nitrogens with one attached hydrogen (secondary N) is 1. The molecule has 2 aromatic carbocycles. The number of hydrogen-bond donors (Lipinski definition) is 2. The Morgan fingerprint density at radius 1 is 1.05 bits per heavy atom. The molecule has 1 aromatic heterocycles. The summed E-state index contributed by atoms with van der Waals surface area (Å²) in [7, 11) is 0. The van der Waals surface area contributed by atoms with Crippen LogP contribution in [0, 0.1) is 6.92 Å². The second-order valence-electron chi connectivity index (χ2n) is 4.94. The SMILES string of the molecule is Cc1ccc([C@@H](N)c2nc(-c3ccc(Cl)cc3)n[nH]2)cc1. The summed E-state index contributed by atoms with van der Waals surface area (Å²) in [5.41, 5.74) is 9.33. The summed E-state index contributed by atoms with van der Waals surface area (Å²) in [6, 6.07) is 15.1. The van der Waals surface area contributed by atoms with Crippen LogP contribution in [-0.2, 0) is 0 Å². The molecule has 1 heterocycles. The Bertz CT molecular complexity index is 732. The van der Waals surface area contributed by atoms with Gasteiger partial charge in [0.15, 0.2) is 5.82 Å². The van der Waals surface area contributed by atoms with Crippen molar-refractivity contribution in [3.63, 3.8) is 0 Å². The minimum atomic E-state index is -0.320. The number of aromatic nitrogens is 3. The van der Waals surface area contributed by atoms with Gasteiger partial charge in [0.1, 0.15) is 5.82 Å². The molecule has 4 nitrogen and oxygen atoms in total. The number of H-pyrrole nitrogens is 1. The van der Waals surface area contributed by atoms with Crippen LogP contribution in [0.1, 0.15) is 23.0 Å². The first-order valence-electron chi connectivity index (χ1n) is 6.64. The molecule has 0 saturated heterocycles. The lowest BCUT2D eigenvalue weighted by Crippen LogP contribution is -2.13. The van der Waals surface area contributed by atoms with E-state index in [1.807, 2.05) is 55.5 Å². The Morgan fingerprint density at radius 3 is 2.38 bits per heavy atom. The van der Waals surface area contributed by atoms with Crippen molar-refractivity contribution in [1.82, 2.24) is 15.2 Å². The molecule has 21 heavy (non-hydrogen) atoms. The van der Waals surface area contributed by atoms with E-state index in [0.717, 1.165) is 11.1 Å². The zero-order valence-corrected chi connectivity index (χ0v) is 12.3. The van der Waals surface area contributed by atoms with E-state index in [-0.39, 0.29) is 6.04 Å². The molecule has 0 aliphatic rings. The summed E-state index contributed by atoms with van der Waals surface area (Å²) in [4.78, 5) is 4.47. The molecule has 0 spiro atoms. The quantitative estimate of drug-likeness (QED) is 0.778. The number of aryl methyl sites for hydroxylation is 1. The van der Waals surface area contributed by atoms with E-state index < -0.39 is 0 Å². The first-order chi connectivity index (χ1) is 10.1. The standard InChI is InChI=1S/C16H15ClN4/c1-10-2-4-11(5-3-10)14(18)16-19-15(20-21-16)12-6-8-13(17)9-7-12/h2-9,14H,18H2,1H3,(H,19,20,21)/t14-/m1/s1. The van der Waals surface area contributed by atoms with Gasteiger partial charge < -0.3 is 5.73 Å². The highest BCUT2D eigenvalue weighted by Gasteiger charge is 2.14. The van der Waals surface area contributed by atoms with E-state index in [4.69, 9.17) is 17.3 Å². The first-order valence-corrected chi connectivity index (χ1v) is 7.01. The van der Waals surface area contributed by atoms with E-state index in [9.17, 15) is 0 Å². The predicted molar refractivity (Wildman–Crippen MR) is 84.0 cm³/mol. The van der Waals surface area contributed by atoms with Crippen molar-refractivity contribution in [2.45, 2.75) is 13.0 Å². The smallest absolute Gasteiger partial charge is 0.181 e. The van der Waals surface area contributed by atoms with Crippen LogP contribution in [0.25, 0.3) is 11.4 Å². The molecule has 106 valence electrons. The summed E-state index contributed by atoms with van der Waals surface area (Å²) in [5.74, 6) is 1.26. The minimum Gasteiger partial charge on any atom is -0.318 e. The lowest BCUT2D eigenvalue weighted by atomic mass is 10.1. The largest absolute Gasteiger partial charge is 0.318 e. The van der Waals surface area contributed by atoms with Crippen molar-refractivity contribution in [2.24, 2.45) is 5.73 Å². The van der Waals surface area contributed by atoms with Crippen LogP contribution in [0.3, 0.4) is 0 Å². The fraction of sp³-hybridized carbons (Fsp3) is 0.125. The zero-order chi connectivity index (χ0) is 14.8. The Hall–Kier alpha value is -2.17. The Labute approximate surface area is 128 Å². The van der Waals surface area contributed by atoms with Gasteiger partial charge in [0.25, 0.3) is 0 Å². The van der Waals surface area contributed by atoms with E-state index in [2.05, 4.69) is 15.2 Å². The third-order valence-corrected chi connectivity index (χ3v) is 3.59. The molecule has 0 radical (unpaired) electrons. The molecular formula is C16H15ClN4. The van der Waals surface area contributed by atoms with Crippen molar-refractivity contribution in [3.8, 4) is 11.4 Å². The van der Waals surface area contributed by atoms with Crippen LogP contribution in [0.4, 0.5) is 0 Å². The first kappa shape index (κ1) is 13.8. The highest BCUT2D eigenvalue weighted by atomic mass is 35.5. The molecule has 0 amide bonds. The topological polar surface area (TPSA) is 67.6 Å². The molecule has 3 N–H and O–H groups in total. The molecule has 1 atom stereocenters. The number of hydrogen-bond acceptors (Lipinski definition) is 3. The van der Waals surface area contributed by atoms with E-state index in [1.54, 1.807) is 0 Å². The molecule has 0 aliphatic heterocycles. The van der Waals surface area contributed by atoms with E-state index in [1.165, 1.54) is 5.56 Å². The van der Waals surface area contributed by atoms with Crippen molar-refractivity contribution >= 4 is 11.6 Å². The van der Waals surface area contributed by atoms with Crippen molar-refractivity contribution in [3.05, 3.63) is 70.5 Å². The van der Waals surface area contributed by atoms with Gasteiger partial charge >= 0.3 is 0 Å². The highest BCUT2D eigenvalue weighted by molar-refractivity contribution is 6.30. The summed E-state index contributed by atoms with van der Waals surface area (Å²) >= 11 is 5.88. The molecule has 0 unspecified atom stereocenters. The number of nitrogens with zero attached hydrogens (tertiary/aromatic N) is 2. The van der Waals surface area contributed by atoms with E-state index >= 15 is 0 Å². The van der Waals surface area contributed by atoms with Gasteiger partial charge in [-0.15, -0.1) is 0 Å². The third kappa shape index (κ3) is 2.96. The number of rotatable bonds is 3. The van der Waals surface area contributed by atoms with Gasteiger partial charge in [0, 0.05) is 10.6 Å². The average Bonchev–Trinajstić information content (AvgIpc) is 2.98. The van der Waals surface area contributed by atoms with Gasteiger partial charge in [0.05, 0.1) is 6.04 Å². The van der Waals surface area contributed by atoms with Gasteiger partial charge in [-0.2, -0.15) is 5.10 Å². The Balaban J connectivity index is 1.87. The van der Waals surface area contributed by atoms with Crippen LogP contribution < -0.4 is 5.73 Å². The van der Waals surface area contributed by atoms with Crippen LogP contribution >= 0.6 is 11.6 Å². The van der Waals surface area contributed by atoms with E-state index in [0.29, 0.717) is 16.7 Å². The highest BCUT2D eigenvalue weighted by Crippen LogP contribution is 2.21. The lowest BCUT2D eigenvalue weighted by Gasteiger charge is -2.08. The number of benzene rings is 2. The van der Waals surface area contributed by atoms with Crippen molar-refractivity contribution in [2.75, 3.05) is 0 Å². The predicted octanol–water partition coefficient (Wildman–Crippen LogP) is 3.48. The average molecular weight is 299 g/mol. The number of nitrogens with two attached hydrogens (primary N) is 1. The lowest BCUT2D eigenvalue weighted by molar-refractivity contribution is 0.787. The van der Waals surface area contributed by atoms with Crippen molar-refractivity contribution in [1.29, 1.82) is 0 Å². The molecule has 5 heteroatoms. The Kier molecular flexibility index (Phi) is 3.73. The maximum absolute atomic E-state index is 6.23. The van der Waals surface area contributed by atoms with Crippen LogP contribution in [0.2, 0.25) is 5.02 Å². The van der Waals surface area contributed by atoms with Crippen LogP contribution in [-0.4, -0.2) is 15.2 Å². The summed E-state index contributed by atoms with van der Waals surface area (Å²) < 4.78 is 0. The fourth-order valence-electron chi connectivity index (χ4n) is 2.07. The monoisotopic (exact) mass is 298 g/mol. The third-order valence-electron chi connectivity index (χ3n) is 3.34. The summed E-state index contributed by atoms with van der Waals surface area (Å²) in [6.45, 7) is 2.04. The van der Waals surface area contributed by atoms with Gasteiger partial charge in [-0.05, 0) is 36.8 Å². The maximum Gasteiger partial charge on any atom is 0.181 e. The maximum atomic E-state index is 6.23. The minimum absolute atomic E-state index is 0.320. The molecular weight excluding hydrogens is 284 g/mol. The summed E-state index contributed by atoms with van der Waals surface area (Å²) in [5, 5.41) is 7.82. The summed E-state index contributed by atoms with van der Waals surface area (Å²) in [6.07, 6.45) is 0. The van der Waals surface area contributed by atoms with Gasteiger partial charge in [-0.1, -0.05) is 41.4 Å². The normalized spacial score (nSPS) is 12.3. The molecule has 0 aliphatic carbocycles. The van der Waals surface area contributed by atoms with Gasteiger partial charge in [-0.25, -0.2) is 4.98 Å². The molecule has 0 saturated carbocycles. The second-order valence-corrected chi connectivity index (χ2v) is 5.38. The van der Waals surface area contributed by atoms with Crippen LogP contribution in [0.5, 0.6) is 0 Å². The molecule has 3 aromatic rings. The Morgan fingerprint density at radius 2 is 1.71 bits per heavy atom.